The summed E-state index contributed by atoms with van der Waals surface area (Å²) < 4.78 is 11.5. The lowest BCUT2D eigenvalue weighted by Gasteiger charge is -2.14. The first-order chi connectivity index (χ1) is 6.93. The summed E-state index contributed by atoms with van der Waals surface area (Å²) in [7, 11) is -0.803. The molecule has 0 aromatic carbocycles. The van der Waals surface area contributed by atoms with E-state index in [1.165, 1.54) is 0 Å². The van der Waals surface area contributed by atoms with Crippen LogP contribution in [0.5, 0.6) is 0 Å². The summed E-state index contributed by atoms with van der Waals surface area (Å²) in [4.78, 5) is 0. The second-order valence-electron chi connectivity index (χ2n) is 4.58. The standard InChI is InChI=1S/C11H22N2OS/c1-10(8-12)15(14)7-5-4-6-11(2,3)9-13/h10H,4-8,12H2,1-3H3. The van der Waals surface area contributed by atoms with Crippen LogP contribution in [0, 0.1) is 16.7 Å². The van der Waals surface area contributed by atoms with Crippen molar-refractivity contribution in [2.45, 2.75) is 45.3 Å². The van der Waals surface area contributed by atoms with E-state index in [2.05, 4.69) is 6.07 Å². The molecule has 3 nitrogen and oxygen atoms in total. The smallest absolute Gasteiger partial charge is 0.0683 e. The SMILES string of the molecule is CC(CN)S(=O)CCCCC(C)(C)C#N. The van der Waals surface area contributed by atoms with Crippen LogP contribution in [0.25, 0.3) is 0 Å². The first-order valence-corrected chi connectivity index (χ1v) is 6.79. The van der Waals surface area contributed by atoms with Gasteiger partial charge < -0.3 is 5.73 Å². The van der Waals surface area contributed by atoms with Gasteiger partial charge >= 0.3 is 0 Å². The van der Waals surface area contributed by atoms with Gasteiger partial charge in [-0.25, -0.2) is 0 Å². The van der Waals surface area contributed by atoms with Crippen LogP contribution in [-0.4, -0.2) is 21.8 Å². The van der Waals surface area contributed by atoms with E-state index in [9.17, 15) is 4.21 Å². The molecule has 0 aliphatic heterocycles. The van der Waals surface area contributed by atoms with Crippen molar-refractivity contribution in [1.82, 2.24) is 0 Å². The van der Waals surface area contributed by atoms with E-state index < -0.39 is 10.8 Å². The molecule has 0 radical (unpaired) electrons. The lowest BCUT2D eigenvalue weighted by Crippen LogP contribution is -2.23. The molecule has 2 atom stereocenters. The van der Waals surface area contributed by atoms with Crippen molar-refractivity contribution in [3.05, 3.63) is 0 Å². The molecule has 4 heteroatoms. The predicted octanol–water partition coefficient (Wildman–Crippen LogP) is 1.80. The molecule has 88 valence electrons. The Bertz CT molecular complexity index is 245. The molecular formula is C11H22N2OS. The third-order valence-corrected chi connectivity index (χ3v) is 4.26. The topological polar surface area (TPSA) is 66.9 Å². The van der Waals surface area contributed by atoms with Gasteiger partial charge in [0.15, 0.2) is 0 Å². The molecular weight excluding hydrogens is 208 g/mol. The second-order valence-corrected chi connectivity index (χ2v) is 6.56. The summed E-state index contributed by atoms with van der Waals surface area (Å²) in [5.41, 5.74) is 5.18. The summed E-state index contributed by atoms with van der Waals surface area (Å²) in [6.07, 6.45) is 2.75. The molecule has 0 aliphatic carbocycles. The number of nitriles is 1. The molecule has 0 aromatic rings. The molecule has 0 aromatic heterocycles. The molecule has 0 saturated carbocycles. The minimum Gasteiger partial charge on any atom is -0.329 e. The van der Waals surface area contributed by atoms with Gasteiger partial charge in [0.25, 0.3) is 0 Å². The third kappa shape index (κ3) is 6.64. The number of hydrogen-bond donors (Lipinski definition) is 1. The van der Waals surface area contributed by atoms with Crippen molar-refractivity contribution < 1.29 is 4.21 Å². The van der Waals surface area contributed by atoms with Gasteiger partial charge in [0.2, 0.25) is 0 Å². The van der Waals surface area contributed by atoms with E-state index in [1.54, 1.807) is 0 Å². The Kier molecular flexibility index (Phi) is 6.78. The highest BCUT2D eigenvalue weighted by molar-refractivity contribution is 7.85. The summed E-state index contributed by atoms with van der Waals surface area (Å²) in [6, 6.07) is 2.27. The fourth-order valence-corrected chi connectivity index (χ4v) is 2.28. The molecule has 2 unspecified atom stereocenters. The van der Waals surface area contributed by atoms with E-state index in [1.807, 2.05) is 20.8 Å². The summed E-state index contributed by atoms with van der Waals surface area (Å²) >= 11 is 0. The van der Waals surface area contributed by atoms with E-state index in [4.69, 9.17) is 11.0 Å². The zero-order valence-electron chi connectivity index (χ0n) is 9.95. The first kappa shape index (κ1) is 14.6. The zero-order valence-corrected chi connectivity index (χ0v) is 10.8. The summed E-state index contributed by atoms with van der Waals surface area (Å²) in [6.45, 7) is 6.27. The number of rotatable bonds is 7. The highest BCUT2D eigenvalue weighted by Gasteiger charge is 2.16. The molecule has 0 spiro atoms. The average Bonchev–Trinajstić information content (AvgIpc) is 2.22. The Morgan fingerprint density at radius 1 is 1.47 bits per heavy atom. The largest absolute Gasteiger partial charge is 0.329 e. The normalized spacial score (nSPS) is 15.7. The Labute approximate surface area is 95.5 Å². The van der Waals surface area contributed by atoms with Crippen molar-refractivity contribution in [1.29, 1.82) is 5.26 Å². The van der Waals surface area contributed by atoms with Gasteiger partial charge in [-0.3, -0.25) is 4.21 Å². The fraction of sp³-hybridized carbons (Fsp3) is 0.909. The molecule has 0 heterocycles. The van der Waals surface area contributed by atoms with Gasteiger partial charge in [-0.05, 0) is 33.6 Å². The third-order valence-electron chi connectivity index (χ3n) is 2.48. The van der Waals surface area contributed by atoms with E-state index in [-0.39, 0.29) is 10.7 Å². The fourth-order valence-electron chi connectivity index (χ4n) is 1.18. The number of nitrogens with two attached hydrogens (primary N) is 1. The lowest BCUT2D eigenvalue weighted by atomic mass is 9.89. The van der Waals surface area contributed by atoms with Crippen LogP contribution in [0.2, 0.25) is 0 Å². The monoisotopic (exact) mass is 230 g/mol. The van der Waals surface area contributed by atoms with E-state index in [0.29, 0.717) is 12.3 Å². The first-order valence-electron chi connectivity index (χ1n) is 5.41. The predicted molar refractivity (Wildman–Crippen MR) is 64.8 cm³/mol. The Morgan fingerprint density at radius 3 is 2.53 bits per heavy atom. The van der Waals surface area contributed by atoms with Gasteiger partial charge in [-0.1, -0.05) is 6.42 Å². The highest BCUT2D eigenvalue weighted by atomic mass is 32.2. The average molecular weight is 230 g/mol. The number of unbranched alkanes of at least 4 members (excludes halogenated alkanes) is 1. The van der Waals surface area contributed by atoms with Gasteiger partial charge in [-0.15, -0.1) is 0 Å². The zero-order chi connectivity index (χ0) is 11.9. The minimum absolute atomic E-state index is 0.0916. The maximum Gasteiger partial charge on any atom is 0.0683 e. The molecule has 15 heavy (non-hydrogen) atoms. The van der Waals surface area contributed by atoms with Crippen LogP contribution in [0.15, 0.2) is 0 Å². The van der Waals surface area contributed by atoms with Crippen LogP contribution in [-0.2, 0) is 10.8 Å². The number of hydrogen-bond acceptors (Lipinski definition) is 3. The van der Waals surface area contributed by atoms with Gasteiger partial charge in [0.05, 0.1) is 11.5 Å². The van der Waals surface area contributed by atoms with Gasteiger partial charge in [0, 0.05) is 28.3 Å². The van der Waals surface area contributed by atoms with Gasteiger partial charge in [-0.2, -0.15) is 5.26 Å². The molecule has 0 fully saturated rings. The molecule has 0 bridgehead atoms. The van der Waals surface area contributed by atoms with Crippen molar-refractivity contribution in [2.75, 3.05) is 12.3 Å². The number of nitrogens with zero attached hydrogens (tertiary/aromatic N) is 1. The lowest BCUT2D eigenvalue weighted by molar-refractivity contribution is 0.432. The second kappa shape index (κ2) is 6.97. The van der Waals surface area contributed by atoms with E-state index in [0.717, 1.165) is 19.3 Å². The van der Waals surface area contributed by atoms with Crippen LogP contribution in [0.1, 0.15) is 40.0 Å². The van der Waals surface area contributed by atoms with E-state index >= 15 is 0 Å². The Balaban J connectivity index is 3.65. The Hall–Kier alpha value is -0.400. The van der Waals surface area contributed by atoms with Crippen molar-refractivity contribution in [2.24, 2.45) is 11.1 Å². The summed E-state index contributed by atoms with van der Waals surface area (Å²) in [5, 5.41) is 8.89. The van der Waals surface area contributed by atoms with Crippen LogP contribution in [0.3, 0.4) is 0 Å². The van der Waals surface area contributed by atoms with Gasteiger partial charge in [0.1, 0.15) is 0 Å². The van der Waals surface area contributed by atoms with Crippen molar-refractivity contribution in [3.8, 4) is 6.07 Å². The quantitative estimate of drug-likeness (QED) is 0.678. The molecule has 0 aliphatic rings. The van der Waals surface area contributed by atoms with Crippen LogP contribution >= 0.6 is 0 Å². The minimum atomic E-state index is -0.803. The van der Waals surface area contributed by atoms with Crippen LogP contribution < -0.4 is 5.73 Å². The van der Waals surface area contributed by atoms with Crippen molar-refractivity contribution >= 4 is 10.8 Å². The molecule has 0 rings (SSSR count). The molecule has 0 amide bonds. The Morgan fingerprint density at radius 2 is 2.07 bits per heavy atom. The maximum absolute atomic E-state index is 11.5. The molecule has 0 saturated heterocycles. The molecule has 2 N–H and O–H groups in total. The summed E-state index contributed by atoms with van der Waals surface area (Å²) in [5.74, 6) is 0.708. The van der Waals surface area contributed by atoms with Crippen LogP contribution in [0.4, 0.5) is 0 Å². The van der Waals surface area contributed by atoms with Crippen molar-refractivity contribution in [3.63, 3.8) is 0 Å². The maximum atomic E-state index is 11.5. The highest BCUT2D eigenvalue weighted by Crippen LogP contribution is 2.21.